The average molecular weight is 201 g/mol. The van der Waals surface area contributed by atoms with Crippen molar-refractivity contribution in [2.45, 2.75) is 25.2 Å². The monoisotopic (exact) mass is 200 g/mol. The first-order chi connectivity index (χ1) is 6.18. The predicted molar refractivity (Wildman–Crippen MR) is 47.0 cm³/mol. The zero-order valence-corrected chi connectivity index (χ0v) is 7.67. The van der Waals surface area contributed by atoms with Gasteiger partial charge in [-0.05, 0) is 24.4 Å². The SMILES string of the molecule is O=C(O)C1CCCc2oc(Cl)cc21. The van der Waals surface area contributed by atoms with E-state index in [1.165, 1.54) is 0 Å². The van der Waals surface area contributed by atoms with Gasteiger partial charge in [0, 0.05) is 18.1 Å². The van der Waals surface area contributed by atoms with E-state index < -0.39 is 11.9 Å². The Morgan fingerprint density at radius 1 is 1.69 bits per heavy atom. The molecule has 3 nitrogen and oxygen atoms in total. The van der Waals surface area contributed by atoms with E-state index in [2.05, 4.69) is 0 Å². The fourth-order valence-electron chi connectivity index (χ4n) is 1.78. The van der Waals surface area contributed by atoms with Crippen LogP contribution < -0.4 is 0 Å². The molecule has 0 saturated heterocycles. The maximum Gasteiger partial charge on any atom is 0.311 e. The number of carbonyl (C=O) groups is 1. The van der Waals surface area contributed by atoms with Crippen molar-refractivity contribution in [2.24, 2.45) is 0 Å². The van der Waals surface area contributed by atoms with Crippen LogP contribution in [0.2, 0.25) is 5.22 Å². The normalized spacial score (nSPS) is 21.2. The van der Waals surface area contributed by atoms with Crippen molar-refractivity contribution in [3.63, 3.8) is 0 Å². The third kappa shape index (κ3) is 1.44. The third-order valence-electron chi connectivity index (χ3n) is 2.38. The molecule has 1 aromatic heterocycles. The molecule has 0 aromatic carbocycles. The van der Waals surface area contributed by atoms with Crippen molar-refractivity contribution >= 4 is 17.6 Å². The fourth-order valence-corrected chi connectivity index (χ4v) is 1.99. The highest BCUT2D eigenvalue weighted by atomic mass is 35.5. The van der Waals surface area contributed by atoms with E-state index in [9.17, 15) is 4.79 Å². The van der Waals surface area contributed by atoms with E-state index in [4.69, 9.17) is 21.1 Å². The Kier molecular flexibility index (Phi) is 2.04. The van der Waals surface area contributed by atoms with E-state index in [-0.39, 0.29) is 5.22 Å². The maximum absolute atomic E-state index is 10.8. The Labute approximate surface area is 80.3 Å². The summed E-state index contributed by atoms with van der Waals surface area (Å²) in [6.45, 7) is 0. The van der Waals surface area contributed by atoms with Crippen LogP contribution in [0, 0.1) is 0 Å². The maximum atomic E-state index is 10.8. The topological polar surface area (TPSA) is 50.4 Å². The van der Waals surface area contributed by atoms with Crippen LogP contribution in [-0.4, -0.2) is 11.1 Å². The summed E-state index contributed by atoms with van der Waals surface area (Å²) >= 11 is 5.66. The van der Waals surface area contributed by atoms with Gasteiger partial charge in [0.2, 0.25) is 0 Å². The molecule has 1 N–H and O–H groups in total. The van der Waals surface area contributed by atoms with Crippen LogP contribution in [0.1, 0.15) is 30.1 Å². The first-order valence-corrected chi connectivity index (χ1v) is 4.57. The number of carboxylic acid groups (broad SMARTS) is 1. The number of halogens is 1. The second-order valence-corrected chi connectivity index (χ2v) is 3.58. The van der Waals surface area contributed by atoms with Crippen LogP contribution in [0.4, 0.5) is 0 Å². The second kappa shape index (κ2) is 3.07. The molecular weight excluding hydrogens is 192 g/mol. The van der Waals surface area contributed by atoms with Gasteiger partial charge in [0.05, 0.1) is 5.92 Å². The summed E-state index contributed by atoms with van der Waals surface area (Å²) in [5.74, 6) is -0.484. The van der Waals surface area contributed by atoms with Crippen molar-refractivity contribution in [1.29, 1.82) is 0 Å². The predicted octanol–water partition coefficient (Wildman–Crippen LogP) is 2.44. The minimum Gasteiger partial charge on any atom is -0.481 e. The first kappa shape index (κ1) is 8.63. The van der Waals surface area contributed by atoms with Gasteiger partial charge in [-0.2, -0.15) is 0 Å². The molecule has 1 unspecified atom stereocenters. The number of carboxylic acids is 1. The van der Waals surface area contributed by atoms with Gasteiger partial charge in [-0.3, -0.25) is 4.79 Å². The van der Waals surface area contributed by atoms with Crippen molar-refractivity contribution in [3.8, 4) is 0 Å². The van der Waals surface area contributed by atoms with Gasteiger partial charge in [0.1, 0.15) is 5.76 Å². The lowest BCUT2D eigenvalue weighted by atomic mass is 9.87. The summed E-state index contributed by atoms with van der Waals surface area (Å²) in [5.41, 5.74) is 0.753. The molecule has 70 valence electrons. The molecule has 1 heterocycles. The second-order valence-electron chi connectivity index (χ2n) is 3.21. The molecule has 13 heavy (non-hydrogen) atoms. The zero-order valence-electron chi connectivity index (χ0n) is 6.92. The molecule has 2 rings (SSSR count). The minimum atomic E-state index is -0.793. The molecule has 0 aliphatic heterocycles. The molecule has 1 aliphatic carbocycles. The third-order valence-corrected chi connectivity index (χ3v) is 2.57. The Morgan fingerprint density at radius 3 is 3.15 bits per heavy atom. The molecule has 1 aromatic rings. The van der Waals surface area contributed by atoms with Crippen LogP contribution in [-0.2, 0) is 11.2 Å². The van der Waals surface area contributed by atoms with E-state index >= 15 is 0 Å². The summed E-state index contributed by atoms with van der Waals surface area (Å²) < 4.78 is 5.19. The summed E-state index contributed by atoms with van der Waals surface area (Å²) in [4.78, 5) is 10.8. The average Bonchev–Trinajstić information content (AvgIpc) is 2.43. The number of hydrogen-bond donors (Lipinski definition) is 1. The van der Waals surface area contributed by atoms with Crippen LogP contribution in [0.3, 0.4) is 0 Å². The summed E-state index contributed by atoms with van der Waals surface area (Å²) in [7, 11) is 0. The van der Waals surface area contributed by atoms with Crippen molar-refractivity contribution < 1.29 is 14.3 Å². The molecule has 4 heteroatoms. The molecule has 1 atom stereocenters. The molecule has 0 fully saturated rings. The molecule has 0 bridgehead atoms. The highest BCUT2D eigenvalue weighted by Crippen LogP contribution is 2.35. The lowest BCUT2D eigenvalue weighted by Gasteiger charge is -2.16. The largest absolute Gasteiger partial charge is 0.481 e. The number of aryl methyl sites for hydroxylation is 1. The van der Waals surface area contributed by atoms with Crippen molar-refractivity contribution in [2.75, 3.05) is 0 Å². The van der Waals surface area contributed by atoms with Gasteiger partial charge < -0.3 is 9.52 Å². The highest BCUT2D eigenvalue weighted by molar-refractivity contribution is 6.29. The summed E-state index contributed by atoms with van der Waals surface area (Å²) in [6, 6.07) is 1.62. The molecule has 0 spiro atoms. The van der Waals surface area contributed by atoms with E-state index in [0.717, 1.165) is 24.2 Å². The van der Waals surface area contributed by atoms with Gasteiger partial charge in [0.15, 0.2) is 5.22 Å². The molecule has 1 aliphatic rings. The Hall–Kier alpha value is -0.960. The number of fused-ring (bicyclic) bond motifs is 1. The number of rotatable bonds is 1. The van der Waals surface area contributed by atoms with Crippen LogP contribution in [0.15, 0.2) is 10.5 Å². The van der Waals surface area contributed by atoms with Crippen LogP contribution >= 0.6 is 11.6 Å². The van der Waals surface area contributed by atoms with E-state index in [1.54, 1.807) is 6.07 Å². The Bertz CT molecular complexity index is 343. The highest BCUT2D eigenvalue weighted by Gasteiger charge is 2.29. The minimum absolute atomic E-state index is 0.290. The van der Waals surface area contributed by atoms with Crippen molar-refractivity contribution in [1.82, 2.24) is 0 Å². The van der Waals surface area contributed by atoms with Crippen LogP contribution in [0.25, 0.3) is 0 Å². The van der Waals surface area contributed by atoms with Gasteiger partial charge in [-0.25, -0.2) is 0 Å². The van der Waals surface area contributed by atoms with Gasteiger partial charge in [-0.1, -0.05) is 0 Å². The molecule has 0 amide bonds. The first-order valence-electron chi connectivity index (χ1n) is 4.19. The molecular formula is C9H9ClO3. The number of furan rings is 1. The lowest BCUT2D eigenvalue weighted by molar-refractivity contribution is -0.139. The van der Waals surface area contributed by atoms with Crippen molar-refractivity contribution in [3.05, 3.63) is 22.6 Å². The smallest absolute Gasteiger partial charge is 0.311 e. The van der Waals surface area contributed by atoms with Gasteiger partial charge in [-0.15, -0.1) is 0 Å². The van der Waals surface area contributed by atoms with Crippen LogP contribution in [0.5, 0.6) is 0 Å². The quantitative estimate of drug-likeness (QED) is 0.758. The van der Waals surface area contributed by atoms with E-state index in [1.807, 2.05) is 0 Å². The van der Waals surface area contributed by atoms with Gasteiger partial charge >= 0.3 is 5.97 Å². The van der Waals surface area contributed by atoms with E-state index in [0.29, 0.717) is 6.42 Å². The zero-order chi connectivity index (χ0) is 9.42. The lowest BCUT2D eigenvalue weighted by Crippen LogP contribution is -2.16. The Morgan fingerprint density at radius 2 is 2.46 bits per heavy atom. The summed E-state index contributed by atoms with van der Waals surface area (Å²) in [6.07, 6.45) is 2.33. The standard InChI is InChI=1S/C9H9ClO3/c10-8-4-6-5(9(11)12)2-1-3-7(6)13-8/h4-5H,1-3H2,(H,11,12). The number of hydrogen-bond acceptors (Lipinski definition) is 2. The van der Waals surface area contributed by atoms with Gasteiger partial charge in [0.25, 0.3) is 0 Å². The molecule has 0 radical (unpaired) electrons. The Balaban J connectivity index is 2.41. The number of aliphatic carboxylic acids is 1. The fraction of sp³-hybridized carbons (Fsp3) is 0.444. The molecule has 0 saturated carbocycles. The summed E-state index contributed by atoms with van der Waals surface area (Å²) in [5, 5.41) is 9.20.